The Balaban J connectivity index is 1.28. The SMILES string of the molecule is Fc1ccc(-c2nccc3[nH]c(-c4n[nH]c5cnc(-c6cncc(CN7CCCC7)c6)cc45)cc23)s1. The summed E-state index contributed by atoms with van der Waals surface area (Å²) in [4.78, 5) is 20.4. The normalized spacial score (nSPS) is 14.4. The number of halogens is 1. The molecule has 7 rings (SSSR count). The molecule has 7 nitrogen and oxygen atoms in total. The van der Waals surface area contributed by atoms with E-state index in [0.29, 0.717) is 0 Å². The molecule has 0 spiro atoms. The maximum atomic E-state index is 13.7. The van der Waals surface area contributed by atoms with E-state index in [1.54, 1.807) is 12.3 Å². The van der Waals surface area contributed by atoms with Crippen LogP contribution in [0, 0.1) is 5.13 Å². The second-order valence-electron chi connectivity index (χ2n) is 9.16. The highest BCUT2D eigenvalue weighted by Crippen LogP contribution is 2.35. The van der Waals surface area contributed by atoms with Crippen molar-refractivity contribution in [3.63, 3.8) is 0 Å². The van der Waals surface area contributed by atoms with Crippen molar-refractivity contribution in [1.29, 1.82) is 0 Å². The lowest BCUT2D eigenvalue weighted by Crippen LogP contribution is -2.18. The molecule has 36 heavy (non-hydrogen) atoms. The van der Waals surface area contributed by atoms with Crippen molar-refractivity contribution in [3.8, 4) is 33.2 Å². The fraction of sp³-hybridized carbons (Fsp3) is 0.185. The van der Waals surface area contributed by atoms with Gasteiger partial charge in [0, 0.05) is 47.0 Å². The Kier molecular flexibility index (Phi) is 5.11. The fourth-order valence-electron chi connectivity index (χ4n) is 5.01. The Morgan fingerprint density at radius 2 is 1.81 bits per heavy atom. The molecule has 0 bridgehead atoms. The number of H-pyrrole nitrogens is 2. The van der Waals surface area contributed by atoms with Crippen LogP contribution >= 0.6 is 11.3 Å². The Labute approximate surface area is 210 Å². The number of likely N-dealkylation sites (tertiary alicyclic amines) is 1. The molecule has 6 aromatic rings. The lowest BCUT2D eigenvalue weighted by molar-refractivity contribution is 0.331. The van der Waals surface area contributed by atoms with E-state index >= 15 is 0 Å². The molecule has 7 heterocycles. The van der Waals surface area contributed by atoms with E-state index in [2.05, 4.69) is 47.2 Å². The van der Waals surface area contributed by atoms with Crippen LogP contribution in [0.3, 0.4) is 0 Å². The first kappa shape index (κ1) is 21.3. The van der Waals surface area contributed by atoms with Gasteiger partial charge in [0.1, 0.15) is 5.69 Å². The van der Waals surface area contributed by atoms with Crippen molar-refractivity contribution in [1.82, 2.24) is 35.0 Å². The summed E-state index contributed by atoms with van der Waals surface area (Å²) in [6.07, 6.45) is 9.90. The monoisotopic (exact) mass is 495 g/mol. The molecule has 2 N–H and O–H groups in total. The molecule has 9 heteroatoms. The number of hydrogen-bond donors (Lipinski definition) is 2. The fourth-order valence-corrected chi connectivity index (χ4v) is 5.75. The van der Waals surface area contributed by atoms with E-state index in [0.717, 1.165) is 86.0 Å². The number of hydrogen-bond acceptors (Lipinski definition) is 6. The zero-order chi connectivity index (χ0) is 24.1. The van der Waals surface area contributed by atoms with Crippen LogP contribution in [-0.2, 0) is 6.54 Å². The Hall–Kier alpha value is -3.95. The molecule has 178 valence electrons. The molecule has 0 radical (unpaired) electrons. The molecule has 0 saturated carbocycles. The predicted octanol–water partition coefficient (Wildman–Crippen LogP) is 6.03. The van der Waals surface area contributed by atoms with Gasteiger partial charge in [-0.15, -0.1) is 11.3 Å². The number of aromatic amines is 2. The summed E-state index contributed by atoms with van der Waals surface area (Å²) in [7, 11) is 0. The maximum absolute atomic E-state index is 13.7. The van der Waals surface area contributed by atoms with Crippen LogP contribution in [-0.4, -0.2) is 48.1 Å². The molecule has 0 aliphatic carbocycles. The zero-order valence-electron chi connectivity index (χ0n) is 19.3. The molecule has 0 unspecified atom stereocenters. The summed E-state index contributed by atoms with van der Waals surface area (Å²) in [6.45, 7) is 3.21. The molecule has 0 atom stereocenters. The van der Waals surface area contributed by atoms with E-state index in [1.165, 1.54) is 24.5 Å². The van der Waals surface area contributed by atoms with Crippen LogP contribution in [0.2, 0.25) is 0 Å². The van der Waals surface area contributed by atoms with Crippen LogP contribution in [0.15, 0.2) is 61.2 Å². The highest BCUT2D eigenvalue weighted by Gasteiger charge is 2.17. The number of nitrogens with zero attached hydrogens (tertiary/aromatic N) is 5. The average Bonchev–Trinajstić information content (AvgIpc) is 3.70. The van der Waals surface area contributed by atoms with Gasteiger partial charge in [-0.2, -0.15) is 9.49 Å². The Morgan fingerprint density at radius 1 is 0.917 bits per heavy atom. The van der Waals surface area contributed by atoms with Crippen LogP contribution in [0.4, 0.5) is 4.39 Å². The Morgan fingerprint density at radius 3 is 2.67 bits per heavy atom. The number of rotatable bonds is 5. The number of nitrogens with one attached hydrogen (secondary N) is 2. The number of thiophene rings is 1. The summed E-state index contributed by atoms with van der Waals surface area (Å²) in [5.74, 6) is 0. The standard InChI is InChI=1S/C27H22FN7S/c28-25-4-3-24(36-25)27-18-11-22(32-20(18)5-6-30-27)26-19-10-21(31-14-23(19)33-34-26)17-9-16(12-29-13-17)15-35-7-1-2-8-35/h3-6,9-14,32H,1-2,7-8,15H2,(H,33,34). The van der Waals surface area contributed by atoms with Crippen LogP contribution in [0.5, 0.6) is 0 Å². The van der Waals surface area contributed by atoms with Gasteiger partial charge < -0.3 is 4.98 Å². The highest BCUT2D eigenvalue weighted by atomic mass is 32.1. The average molecular weight is 496 g/mol. The predicted molar refractivity (Wildman–Crippen MR) is 140 cm³/mol. The third-order valence-corrected chi connectivity index (χ3v) is 7.63. The topological polar surface area (TPSA) is 86.4 Å². The molecule has 0 amide bonds. The lowest BCUT2D eigenvalue weighted by atomic mass is 10.1. The van der Waals surface area contributed by atoms with Crippen molar-refractivity contribution in [3.05, 3.63) is 71.9 Å². The molecular formula is C27H22FN7S. The van der Waals surface area contributed by atoms with Crippen molar-refractivity contribution in [2.45, 2.75) is 19.4 Å². The third-order valence-electron chi connectivity index (χ3n) is 6.75. The van der Waals surface area contributed by atoms with Crippen LogP contribution in [0.25, 0.3) is 55.0 Å². The van der Waals surface area contributed by atoms with Gasteiger partial charge in [-0.25, -0.2) is 0 Å². The summed E-state index contributed by atoms with van der Waals surface area (Å²) in [5, 5.41) is 9.36. The number of aromatic nitrogens is 6. The Bertz CT molecular complexity index is 1710. The number of pyridine rings is 3. The maximum Gasteiger partial charge on any atom is 0.177 e. The minimum absolute atomic E-state index is 0.225. The first-order chi connectivity index (χ1) is 17.7. The first-order valence-electron chi connectivity index (χ1n) is 12.0. The summed E-state index contributed by atoms with van der Waals surface area (Å²) < 4.78 is 13.7. The van der Waals surface area contributed by atoms with E-state index < -0.39 is 0 Å². The summed E-state index contributed by atoms with van der Waals surface area (Å²) in [5.41, 5.74) is 7.24. The molecule has 1 fully saturated rings. The van der Waals surface area contributed by atoms with Gasteiger partial charge in [0.25, 0.3) is 0 Å². The van der Waals surface area contributed by atoms with Gasteiger partial charge in [0.15, 0.2) is 5.13 Å². The van der Waals surface area contributed by atoms with E-state index in [9.17, 15) is 4.39 Å². The quantitative estimate of drug-likeness (QED) is 0.305. The summed E-state index contributed by atoms with van der Waals surface area (Å²) >= 11 is 1.09. The smallest absolute Gasteiger partial charge is 0.177 e. The van der Waals surface area contributed by atoms with Gasteiger partial charge in [-0.05, 0) is 67.9 Å². The third kappa shape index (κ3) is 3.77. The van der Waals surface area contributed by atoms with E-state index in [1.807, 2.05) is 30.7 Å². The van der Waals surface area contributed by atoms with Gasteiger partial charge >= 0.3 is 0 Å². The second-order valence-corrected chi connectivity index (χ2v) is 10.2. The van der Waals surface area contributed by atoms with Gasteiger partial charge in [0.05, 0.1) is 33.7 Å². The first-order valence-corrected chi connectivity index (χ1v) is 12.8. The molecule has 6 aromatic heterocycles. The van der Waals surface area contributed by atoms with E-state index in [-0.39, 0.29) is 5.13 Å². The van der Waals surface area contributed by atoms with Gasteiger partial charge in [-0.3, -0.25) is 25.0 Å². The largest absolute Gasteiger partial charge is 0.353 e. The van der Waals surface area contributed by atoms with Crippen molar-refractivity contribution in [2.24, 2.45) is 0 Å². The van der Waals surface area contributed by atoms with Crippen molar-refractivity contribution >= 4 is 33.1 Å². The number of fused-ring (bicyclic) bond motifs is 2. The minimum atomic E-state index is -0.225. The molecule has 1 saturated heterocycles. The lowest BCUT2D eigenvalue weighted by Gasteiger charge is -2.14. The van der Waals surface area contributed by atoms with Crippen molar-refractivity contribution < 1.29 is 4.39 Å². The second kappa shape index (κ2) is 8.61. The minimum Gasteiger partial charge on any atom is -0.353 e. The summed E-state index contributed by atoms with van der Waals surface area (Å²) in [6, 6.07) is 11.4. The molecule has 0 aromatic carbocycles. The van der Waals surface area contributed by atoms with Crippen LogP contribution < -0.4 is 0 Å². The van der Waals surface area contributed by atoms with Gasteiger partial charge in [0.2, 0.25) is 0 Å². The highest BCUT2D eigenvalue weighted by molar-refractivity contribution is 7.13. The van der Waals surface area contributed by atoms with Crippen LogP contribution in [0.1, 0.15) is 18.4 Å². The molecular weight excluding hydrogens is 473 g/mol. The molecule has 1 aliphatic heterocycles. The molecule has 1 aliphatic rings. The van der Waals surface area contributed by atoms with Gasteiger partial charge in [-0.1, -0.05) is 0 Å². The van der Waals surface area contributed by atoms with E-state index in [4.69, 9.17) is 0 Å². The van der Waals surface area contributed by atoms with Crippen molar-refractivity contribution in [2.75, 3.05) is 13.1 Å². The zero-order valence-corrected chi connectivity index (χ0v) is 20.1.